The molecule has 0 radical (unpaired) electrons. The van der Waals surface area contributed by atoms with E-state index in [1.54, 1.807) is 42.5 Å². The minimum absolute atomic E-state index is 0.0257. The summed E-state index contributed by atoms with van der Waals surface area (Å²) < 4.78 is 0.722. The van der Waals surface area contributed by atoms with E-state index in [-0.39, 0.29) is 36.0 Å². The fourth-order valence-electron chi connectivity index (χ4n) is 3.47. The van der Waals surface area contributed by atoms with Gasteiger partial charge >= 0.3 is 5.97 Å². The van der Waals surface area contributed by atoms with Crippen LogP contribution in [0.1, 0.15) is 55.4 Å². The Morgan fingerprint density at radius 3 is 2.22 bits per heavy atom. The third-order valence-corrected chi connectivity index (χ3v) is 6.58. The topological polar surface area (TPSA) is 110 Å². The Labute approximate surface area is 225 Å². The summed E-state index contributed by atoms with van der Waals surface area (Å²) in [5, 5.41) is 11.4. The highest BCUT2D eigenvalue weighted by atomic mass is 79.9. The maximum Gasteiger partial charge on any atom is 0.343 e. The Hall–Kier alpha value is -3.04. The van der Waals surface area contributed by atoms with E-state index < -0.39 is 17.8 Å². The van der Waals surface area contributed by atoms with E-state index in [0.29, 0.717) is 27.3 Å². The molecule has 3 aromatic rings. The molecule has 0 aliphatic rings. The van der Waals surface area contributed by atoms with Gasteiger partial charge in [0.25, 0.3) is 5.91 Å². The van der Waals surface area contributed by atoms with E-state index >= 15 is 0 Å². The molecule has 0 saturated heterocycles. The fraction of sp³-hybridized carbons (Fsp3) is 0.154. The highest BCUT2D eigenvalue weighted by Gasteiger charge is 2.26. The second kappa shape index (κ2) is 12.8. The van der Waals surface area contributed by atoms with Crippen LogP contribution in [0.4, 0.5) is 0 Å². The van der Waals surface area contributed by atoms with Crippen molar-refractivity contribution in [3.05, 3.63) is 104 Å². The Bertz CT molecular complexity index is 1300. The van der Waals surface area contributed by atoms with Gasteiger partial charge in [0.05, 0.1) is 22.4 Å². The van der Waals surface area contributed by atoms with E-state index in [1.165, 1.54) is 24.3 Å². The van der Waals surface area contributed by atoms with Crippen LogP contribution in [0.2, 0.25) is 10.0 Å². The fourth-order valence-corrected chi connectivity index (χ4v) is 4.17. The Balaban J connectivity index is 1.85. The number of rotatable bonds is 10. The predicted octanol–water partition coefficient (Wildman–Crippen LogP) is 6.13. The summed E-state index contributed by atoms with van der Waals surface area (Å²) in [4.78, 5) is 53.4. The Kier molecular flexibility index (Phi) is 9.78. The molecule has 1 unspecified atom stereocenters. The number of amides is 1. The molecule has 36 heavy (non-hydrogen) atoms. The minimum atomic E-state index is -0.869. The van der Waals surface area contributed by atoms with Crippen molar-refractivity contribution in [3.63, 3.8) is 0 Å². The molecule has 0 fully saturated rings. The van der Waals surface area contributed by atoms with Gasteiger partial charge in [-0.1, -0.05) is 63.4 Å². The van der Waals surface area contributed by atoms with Crippen molar-refractivity contribution in [3.8, 4) is 0 Å². The molecule has 2 N–H and O–H groups in total. The lowest BCUT2D eigenvalue weighted by atomic mass is 9.85. The molecule has 1 amide bonds. The second-order valence-corrected chi connectivity index (χ2v) is 9.50. The van der Waals surface area contributed by atoms with E-state index in [4.69, 9.17) is 28.5 Å². The summed E-state index contributed by atoms with van der Waals surface area (Å²) in [6, 6.07) is 17.7. The molecular formula is C26H20BrCl2NO6. The molecule has 10 heteroatoms. The van der Waals surface area contributed by atoms with Gasteiger partial charge in [0.2, 0.25) is 0 Å². The summed E-state index contributed by atoms with van der Waals surface area (Å²) in [5.41, 5.74) is 1.59. The standard InChI is InChI=1S/C26H20BrCl2NO6/c27-19-3-1-2-18(12-19)25(33)20(14-23(31)17-8-9-21(28)22(29)13-17)15-4-6-16(7-5-15)26(34)30-11-10-24(32)36-35/h1-9,12-13,20,35H,10-11,14H2,(H,30,34). The third kappa shape index (κ3) is 7.24. The summed E-state index contributed by atoms with van der Waals surface area (Å²) >= 11 is 15.4. The second-order valence-electron chi connectivity index (χ2n) is 7.77. The van der Waals surface area contributed by atoms with Crippen molar-refractivity contribution in [2.75, 3.05) is 6.54 Å². The lowest BCUT2D eigenvalue weighted by Gasteiger charge is -2.17. The van der Waals surface area contributed by atoms with Crippen LogP contribution < -0.4 is 5.32 Å². The highest BCUT2D eigenvalue weighted by Crippen LogP contribution is 2.29. The van der Waals surface area contributed by atoms with Gasteiger partial charge in [-0.15, -0.1) is 0 Å². The molecule has 186 valence electrons. The van der Waals surface area contributed by atoms with Crippen molar-refractivity contribution in [2.45, 2.75) is 18.8 Å². The van der Waals surface area contributed by atoms with Gasteiger partial charge in [-0.3, -0.25) is 14.4 Å². The Morgan fingerprint density at radius 1 is 0.889 bits per heavy atom. The van der Waals surface area contributed by atoms with Gasteiger partial charge in [0.1, 0.15) is 0 Å². The number of carbonyl (C=O) groups excluding carboxylic acids is 4. The molecule has 0 bridgehead atoms. The number of halogens is 3. The molecule has 0 saturated carbocycles. The zero-order valence-corrected chi connectivity index (χ0v) is 21.8. The summed E-state index contributed by atoms with van der Waals surface area (Å²) in [5.74, 6) is -2.69. The largest absolute Gasteiger partial charge is 0.351 e. The van der Waals surface area contributed by atoms with Crippen LogP contribution in [0.3, 0.4) is 0 Å². The van der Waals surface area contributed by atoms with Crippen molar-refractivity contribution < 1.29 is 29.3 Å². The van der Waals surface area contributed by atoms with Gasteiger partial charge in [0, 0.05) is 34.1 Å². The first kappa shape index (κ1) is 27.5. The number of carbonyl (C=O) groups is 4. The van der Waals surface area contributed by atoms with Crippen LogP contribution in [0.15, 0.2) is 71.2 Å². The molecule has 0 aliphatic carbocycles. The number of hydrogen-bond acceptors (Lipinski definition) is 6. The van der Waals surface area contributed by atoms with Crippen LogP contribution in [-0.2, 0) is 9.68 Å². The lowest BCUT2D eigenvalue weighted by molar-refractivity contribution is -0.234. The summed E-state index contributed by atoms with van der Waals surface area (Å²) in [7, 11) is 0. The average molecular weight is 593 g/mol. The summed E-state index contributed by atoms with van der Waals surface area (Å²) in [6.45, 7) is -0.0257. The number of nitrogens with one attached hydrogen (secondary N) is 1. The molecule has 3 rings (SSSR count). The van der Waals surface area contributed by atoms with Crippen molar-refractivity contribution in [1.29, 1.82) is 0 Å². The maximum absolute atomic E-state index is 13.5. The maximum atomic E-state index is 13.5. The number of hydrogen-bond donors (Lipinski definition) is 2. The van der Waals surface area contributed by atoms with Crippen molar-refractivity contribution >= 4 is 62.6 Å². The normalized spacial score (nSPS) is 11.4. The van der Waals surface area contributed by atoms with Crippen molar-refractivity contribution in [2.24, 2.45) is 0 Å². The molecule has 7 nitrogen and oxygen atoms in total. The number of benzene rings is 3. The molecule has 3 aromatic carbocycles. The number of Topliss-reactive ketones (excluding diaryl/α,β-unsaturated/α-hetero) is 2. The lowest BCUT2D eigenvalue weighted by Crippen LogP contribution is -2.26. The predicted molar refractivity (Wildman–Crippen MR) is 139 cm³/mol. The first-order valence-electron chi connectivity index (χ1n) is 10.7. The smallest absolute Gasteiger partial charge is 0.343 e. The van der Waals surface area contributed by atoms with Crippen LogP contribution >= 0.6 is 39.1 Å². The molecule has 1 atom stereocenters. The van der Waals surface area contributed by atoms with Gasteiger partial charge in [-0.2, -0.15) is 5.26 Å². The number of ketones is 2. The quantitative estimate of drug-likeness (QED) is 0.166. The summed E-state index contributed by atoms with van der Waals surface area (Å²) in [6.07, 6.45) is -0.321. The average Bonchev–Trinajstić information content (AvgIpc) is 2.88. The van der Waals surface area contributed by atoms with Crippen LogP contribution in [0, 0.1) is 0 Å². The molecule has 0 aliphatic heterocycles. The van der Waals surface area contributed by atoms with E-state index in [2.05, 4.69) is 26.1 Å². The van der Waals surface area contributed by atoms with Crippen LogP contribution in [-0.4, -0.2) is 35.2 Å². The van der Waals surface area contributed by atoms with Crippen molar-refractivity contribution in [1.82, 2.24) is 5.32 Å². The van der Waals surface area contributed by atoms with Crippen LogP contribution in [0.5, 0.6) is 0 Å². The third-order valence-electron chi connectivity index (χ3n) is 5.35. The van der Waals surface area contributed by atoms with E-state index in [1.807, 2.05) is 0 Å². The molecular weight excluding hydrogens is 573 g/mol. The SMILES string of the molecule is O=C(CCNC(=O)c1ccc(C(CC(=O)c2ccc(Cl)c(Cl)c2)C(=O)c2cccc(Br)c2)cc1)OO. The molecule has 0 aromatic heterocycles. The Morgan fingerprint density at radius 2 is 1.58 bits per heavy atom. The van der Waals surface area contributed by atoms with Gasteiger partial charge in [0.15, 0.2) is 11.6 Å². The van der Waals surface area contributed by atoms with Gasteiger partial charge in [-0.25, -0.2) is 4.79 Å². The van der Waals surface area contributed by atoms with Gasteiger partial charge < -0.3 is 10.2 Å². The molecule has 0 heterocycles. The van der Waals surface area contributed by atoms with Gasteiger partial charge in [-0.05, 0) is 48.0 Å². The first-order valence-corrected chi connectivity index (χ1v) is 12.2. The zero-order valence-electron chi connectivity index (χ0n) is 18.7. The zero-order chi connectivity index (χ0) is 26.2. The monoisotopic (exact) mass is 591 g/mol. The van der Waals surface area contributed by atoms with E-state index in [9.17, 15) is 19.2 Å². The first-order chi connectivity index (χ1) is 17.2. The van der Waals surface area contributed by atoms with E-state index in [0.717, 1.165) is 4.47 Å². The van der Waals surface area contributed by atoms with Crippen LogP contribution in [0.25, 0.3) is 0 Å². The highest BCUT2D eigenvalue weighted by molar-refractivity contribution is 9.10. The molecule has 0 spiro atoms. The minimum Gasteiger partial charge on any atom is -0.351 e.